The predicted molar refractivity (Wildman–Crippen MR) is 95.5 cm³/mol. The van der Waals surface area contributed by atoms with Crippen molar-refractivity contribution in [1.29, 1.82) is 0 Å². The van der Waals surface area contributed by atoms with Crippen LogP contribution in [0.15, 0.2) is 22.3 Å². The molecule has 2 aromatic heterocycles. The van der Waals surface area contributed by atoms with Crippen molar-refractivity contribution in [2.24, 2.45) is 0 Å². The lowest BCUT2D eigenvalue weighted by atomic mass is 9.97. The Kier molecular flexibility index (Phi) is 7.26. The third-order valence-corrected chi connectivity index (χ3v) is 4.87. The first-order chi connectivity index (χ1) is 11.3. The normalized spacial score (nSPS) is 15.2. The summed E-state index contributed by atoms with van der Waals surface area (Å²) < 4.78 is 7.30. The highest BCUT2D eigenvalue weighted by atomic mass is 35.5. The van der Waals surface area contributed by atoms with Gasteiger partial charge in [-0.05, 0) is 25.9 Å². The van der Waals surface area contributed by atoms with Crippen LogP contribution in [0, 0.1) is 0 Å². The molecule has 0 unspecified atom stereocenters. The molecule has 0 amide bonds. The molecule has 0 radical (unpaired) electrons. The topological polar surface area (TPSA) is 81.7 Å². The molecule has 2 aromatic rings. The summed E-state index contributed by atoms with van der Waals surface area (Å²) in [6, 6.07) is 0. The summed E-state index contributed by atoms with van der Waals surface area (Å²) in [5.74, 6) is 3.53. The van der Waals surface area contributed by atoms with Crippen molar-refractivity contribution in [2.45, 2.75) is 49.6 Å². The third kappa shape index (κ3) is 4.37. The first-order valence-corrected chi connectivity index (χ1v) is 8.99. The smallest absolute Gasteiger partial charge is 0.226 e. The zero-order valence-corrected chi connectivity index (χ0v) is 15.4. The molecule has 0 aromatic carbocycles. The summed E-state index contributed by atoms with van der Waals surface area (Å²) in [7, 11) is 0. The van der Waals surface area contributed by atoms with E-state index in [4.69, 9.17) is 4.52 Å². The van der Waals surface area contributed by atoms with Crippen LogP contribution in [0.4, 0.5) is 0 Å². The molecular formula is C15H23ClN6OS. The minimum atomic E-state index is 0. The molecule has 7 nitrogen and oxygen atoms in total. The minimum absolute atomic E-state index is 0. The number of piperidine rings is 1. The first-order valence-electron chi connectivity index (χ1n) is 8.00. The van der Waals surface area contributed by atoms with Gasteiger partial charge in [-0.2, -0.15) is 4.98 Å². The molecule has 0 atom stereocenters. The molecule has 3 heterocycles. The Labute approximate surface area is 152 Å². The van der Waals surface area contributed by atoms with E-state index in [0.29, 0.717) is 23.4 Å². The van der Waals surface area contributed by atoms with Gasteiger partial charge < -0.3 is 14.4 Å². The van der Waals surface area contributed by atoms with Gasteiger partial charge in [-0.1, -0.05) is 29.9 Å². The standard InChI is InChI=1S/C15H22N6OS.ClH/c1-3-9-21-14(11-5-7-16-8-6-11)18-19-15(21)23-10-12-17-13(4-2)22-20-12;/h3,11,16H,1,4-10H2,2H3;1H. The number of allylic oxidation sites excluding steroid dienone is 1. The van der Waals surface area contributed by atoms with Crippen molar-refractivity contribution in [3.63, 3.8) is 0 Å². The summed E-state index contributed by atoms with van der Waals surface area (Å²) in [6.07, 6.45) is 4.85. The Morgan fingerprint density at radius 2 is 2.17 bits per heavy atom. The molecule has 3 rings (SSSR count). The number of aromatic nitrogens is 5. The van der Waals surface area contributed by atoms with Crippen LogP contribution in [0.2, 0.25) is 0 Å². The monoisotopic (exact) mass is 370 g/mol. The number of halogens is 1. The second-order valence-electron chi connectivity index (χ2n) is 5.51. The van der Waals surface area contributed by atoms with E-state index in [-0.39, 0.29) is 12.4 Å². The lowest BCUT2D eigenvalue weighted by Gasteiger charge is -2.22. The maximum Gasteiger partial charge on any atom is 0.226 e. The fourth-order valence-electron chi connectivity index (χ4n) is 2.71. The van der Waals surface area contributed by atoms with Crippen molar-refractivity contribution >= 4 is 24.2 Å². The van der Waals surface area contributed by atoms with Gasteiger partial charge in [0.25, 0.3) is 0 Å². The molecular weight excluding hydrogens is 348 g/mol. The summed E-state index contributed by atoms with van der Waals surface area (Å²) >= 11 is 1.59. The van der Waals surface area contributed by atoms with Gasteiger partial charge in [-0.15, -0.1) is 29.2 Å². The van der Waals surface area contributed by atoms with Crippen LogP contribution in [0.1, 0.15) is 43.2 Å². The second kappa shape index (κ2) is 9.19. The van der Waals surface area contributed by atoms with Crippen LogP contribution in [0.25, 0.3) is 0 Å². The number of thioether (sulfide) groups is 1. The van der Waals surface area contributed by atoms with Crippen LogP contribution in [-0.2, 0) is 18.7 Å². The average molecular weight is 371 g/mol. The summed E-state index contributed by atoms with van der Waals surface area (Å²) in [5.41, 5.74) is 0. The van der Waals surface area contributed by atoms with Gasteiger partial charge in [0.2, 0.25) is 5.89 Å². The third-order valence-electron chi connectivity index (χ3n) is 3.90. The van der Waals surface area contributed by atoms with E-state index in [9.17, 15) is 0 Å². The number of nitrogens with zero attached hydrogens (tertiary/aromatic N) is 5. The average Bonchev–Trinajstić information content (AvgIpc) is 3.21. The maximum absolute atomic E-state index is 5.14. The van der Waals surface area contributed by atoms with Crippen LogP contribution in [0.5, 0.6) is 0 Å². The van der Waals surface area contributed by atoms with Crippen molar-refractivity contribution in [3.05, 3.63) is 30.2 Å². The highest BCUT2D eigenvalue weighted by molar-refractivity contribution is 7.98. The second-order valence-corrected chi connectivity index (χ2v) is 6.45. The fraction of sp³-hybridized carbons (Fsp3) is 0.600. The van der Waals surface area contributed by atoms with E-state index in [1.54, 1.807) is 11.8 Å². The number of nitrogens with one attached hydrogen (secondary N) is 1. The lowest BCUT2D eigenvalue weighted by Crippen LogP contribution is -2.28. The predicted octanol–water partition coefficient (Wildman–Crippen LogP) is 2.59. The molecule has 1 aliphatic heterocycles. The van der Waals surface area contributed by atoms with Crippen LogP contribution in [0.3, 0.4) is 0 Å². The molecule has 0 spiro atoms. The number of hydrogen-bond donors (Lipinski definition) is 1. The van der Waals surface area contributed by atoms with Gasteiger partial charge in [0.15, 0.2) is 11.0 Å². The molecule has 1 fully saturated rings. The van der Waals surface area contributed by atoms with E-state index in [2.05, 4.69) is 36.8 Å². The molecule has 0 aliphatic carbocycles. The number of rotatable bonds is 7. The Morgan fingerprint density at radius 1 is 1.38 bits per heavy atom. The van der Waals surface area contributed by atoms with E-state index < -0.39 is 0 Å². The Hall–Kier alpha value is -1.38. The zero-order valence-electron chi connectivity index (χ0n) is 13.8. The number of aryl methyl sites for hydroxylation is 1. The van der Waals surface area contributed by atoms with E-state index in [1.165, 1.54) is 0 Å². The fourth-order valence-corrected chi connectivity index (χ4v) is 3.51. The Bertz CT molecular complexity index is 652. The summed E-state index contributed by atoms with van der Waals surface area (Å²) in [5, 5.41) is 17.1. The van der Waals surface area contributed by atoms with Crippen LogP contribution >= 0.6 is 24.2 Å². The van der Waals surface area contributed by atoms with E-state index in [0.717, 1.165) is 49.9 Å². The molecule has 0 saturated carbocycles. The highest BCUT2D eigenvalue weighted by Crippen LogP contribution is 2.28. The Balaban J connectivity index is 0.00000208. The van der Waals surface area contributed by atoms with Crippen molar-refractivity contribution < 1.29 is 4.52 Å². The first kappa shape index (κ1) is 19.0. The largest absolute Gasteiger partial charge is 0.339 e. The molecule has 1 aliphatic rings. The maximum atomic E-state index is 5.14. The van der Waals surface area contributed by atoms with Gasteiger partial charge in [0.1, 0.15) is 5.82 Å². The van der Waals surface area contributed by atoms with Gasteiger partial charge >= 0.3 is 0 Å². The lowest BCUT2D eigenvalue weighted by molar-refractivity contribution is 0.378. The quantitative estimate of drug-likeness (QED) is 0.592. The highest BCUT2D eigenvalue weighted by Gasteiger charge is 2.23. The van der Waals surface area contributed by atoms with E-state index >= 15 is 0 Å². The van der Waals surface area contributed by atoms with Gasteiger partial charge in [0.05, 0.1) is 5.75 Å². The van der Waals surface area contributed by atoms with Crippen LogP contribution in [-0.4, -0.2) is 38.0 Å². The van der Waals surface area contributed by atoms with Crippen molar-refractivity contribution in [2.75, 3.05) is 13.1 Å². The molecule has 0 bridgehead atoms. The molecule has 1 N–H and O–H groups in total. The zero-order chi connectivity index (χ0) is 16.1. The van der Waals surface area contributed by atoms with Gasteiger partial charge in [-0.3, -0.25) is 0 Å². The molecule has 1 saturated heterocycles. The number of hydrogen-bond acceptors (Lipinski definition) is 7. The SMILES string of the molecule is C=CCn1c(SCc2noc(CC)n2)nnc1C1CCNCC1.Cl. The summed E-state index contributed by atoms with van der Waals surface area (Å²) in [4.78, 5) is 4.33. The Morgan fingerprint density at radius 3 is 2.83 bits per heavy atom. The molecule has 132 valence electrons. The molecule has 9 heteroatoms. The van der Waals surface area contributed by atoms with Crippen molar-refractivity contribution in [1.82, 2.24) is 30.2 Å². The minimum Gasteiger partial charge on any atom is -0.339 e. The van der Waals surface area contributed by atoms with Gasteiger partial charge in [-0.25, -0.2) is 0 Å². The van der Waals surface area contributed by atoms with Crippen molar-refractivity contribution in [3.8, 4) is 0 Å². The molecule has 24 heavy (non-hydrogen) atoms. The van der Waals surface area contributed by atoms with E-state index in [1.807, 2.05) is 13.0 Å². The summed E-state index contributed by atoms with van der Waals surface area (Å²) in [6.45, 7) is 8.65. The van der Waals surface area contributed by atoms with Crippen LogP contribution < -0.4 is 5.32 Å². The van der Waals surface area contributed by atoms with Gasteiger partial charge in [0, 0.05) is 18.9 Å².